The van der Waals surface area contributed by atoms with Crippen molar-refractivity contribution in [2.75, 3.05) is 23.7 Å². The number of rotatable bonds is 6. The summed E-state index contributed by atoms with van der Waals surface area (Å²) in [6.45, 7) is 4.54. The molecular weight excluding hydrogens is 421 g/mol. The predicted octanol–water partition coefficient (Wildman–Crippen LogP) is 2.73. The maximum absolute atomic E-state index is 13.7. The molecule has 7 nitrogen and oxygen atoms in total. The Kier molecular flexibility index (Phi) is 7.05. The van der Waals surface area contributed by atoms with Gasteiger partial charge in [-0.15, -0.1) is 0 Å². The summed E-state index contributed by atoms with van der Waals surface area (Å²) >= 11 is 0. The molecule has 1 saturated heterocycles. The fourth-order valence-corrected chi connectivity index (χ4v) is 6.11. The Hall–Kier alpha value is -2.00. The molecule has 31 heavy (non-hydrogen) atoms. The first-order valence-corrected chi connectivity index (χ1v) is 12.6. The molecule has 0 spiro atoms. The number of benzene rings is 1. The highest BCUT2D eigenvalue weighted by Gasteiger charge is 2.51. The van der Waals surface area contributed by atoms with Crippen molar-refractivity contribution in [1.29, 1.82) is 0 Å². The average Bonchev–Trinajstić information content (AvgIpc) is 2.69. The van der Waals surface area contributed by atoms with Crippen molar-refractivity contribution in [3.8, 4) is 0 Å². The Balaban J connectivity index is 2.01. The third-order valence-corrected chi connectivity index (χ3v) is 8.19. The molecule has 1 saturated carbocycles. The van der Waals surface area contributed by atoms with Gasteiger partial charge in [0.2, 0.25) is 21.8 Å². The molecule has 3 rings (SSSR count). The van der Waals surface area contributed by atoms with Crippen molar-refractivity contribution in [1.82, 2.24) is 9.62 Å². The smallest absolute Gasteiger partial charge is 0.247 e. The van der Waals surface area contributed by atoms with Crippen LogP contribution in [-0.2, 0) is 19.6 Å². The highest BCUT2D eigenvalue weighted by Crippen LogP contribution is 2.34. The number of carbonyl (C=O) groups excluding carboxylic acids is 2. The van der Waals surface area contributed by atoms with Crippen LogP contribution in [0.15, 0.2) is 18.2 Å². The number of anilines is 1. The lowest BCUT2D eigenvalue weighted by Gasteiger charge is -2.47. The molecule has 1 atom stereocenters. The van der Waals surface area contributed by atoms with Crippen LogP contribution in [0.4, 0.5) is 10.1 Å². The number of amides is 2. The number of carbonyl (C=O) groups is 2. The third kappa shape index (κ3) is 4.92. The summed E-state index contributed by atoms with van der Waals surface area (Å²) in [6, 6.07) is 4.04. The summed E-state index contributed by atoms with van der Waals surface area (Å²) in [5, 5.41) is 3.06. The van der Waals surface area contributed by atoms with Crippen molar-refractivity contribution >= 4 is 27.5 Å². The van der Waals surface area contributed by atoms with E-state index in [1.165, 1.54) is 23.1 Å². The second-order valence-electron chi connectivity index (χ2n) is 8.83. The predicted molar refractivity (Wildman–Crippen MR) is 118 cm³/mol. The van der Waals surface area contributed by atoms with Crippen LogP contribution in [0.1, 0.15) is 57.9 Å². The lowest BCUT2D eigenvalue weighted by Crippen LogP contribution is -2.71. The normalized spacial score (nSPS) is 23.7. The van der Waals surface area contributed by atoms with Crippen LogP contribution in [-0.4, -0.2) is 55.0 Å². The van der Waals surface area contributed by atoms with Crippen LogP contribution in [0.25, 0.3) is 0 Å². The lowest BCUT2D eigenvalue weighted by molar-refractivity contribution is -0.133. The largest absolute Gasteiger partial charge is 0.351 e. The zero-order valence-electron chi connectivity index (χ0n) is 18.5. The van der Waals surface area contributed by atoms with Crippen molar-refractivity contribution in [3.63, 3.8) is 0 Å². The summed E-state index contributed by atoms with van der Waals surface area (Å²) in [5.74, 6) is -1.41. The lowest BCUT2D eigenvalue weighted by atomic mass is 9.91. The number of nitrogens with zero attached hydrogens (tertiary/aromatic N) is 2. The van der Waals surface area contributed by atoms with Crippen LogP contribution < -0.4 is 10.2 Å². The highest BCUT2D eigenvalue weighted by molar-refractivity contribution is 7.89. The number of sulfonamides is 1. The first kappa shape index (κ1) is 23.7. The maximum atomic E-state index is 13.7. The van der Waals surface area contributed by atoms with E-state index in [-0.39, 0.29) is 30.8 Å². The van der Waals surface area contributed by atoms with Gasteiger partial charge >= 0.3 is 0 Å². The molecule has 9 heteroatoms. The fraction of sp³-hybridized carbons (Fsp3) is 0.636. The highest BCUT2D eigenvalue weighted by atomic mass is 32.2. The molecule has 1 heterocycles. The summed E-state index contributed by atoms with van der Waals surface area (Å²) in [4.78, 5) is 28.1. The van der Waals surface area contributed by atoms with Gasteiger partial charge in [0.05, 0.1) is 12.3 Å². The third-order valence-electron chi connectivity index (χ3n) is 6.22. The van der Waals surface area contributed by atoms with Gasteiger partial charge in [-0.25, -0.2) is 12.8 Å². The number of halogens is 1. The van der Waals surface area contributed by atoms with Gasteiger partial charge in [-0.3, -0.25) is 14.5 Å². The molecule has 2 aliphatic rings. The van der Waals surface area contributed by atoms with E-state index in [2.05, 4.69) is 5.32 Å². The van der Waals surface area contributed by atoms with Crippen LogP contribution >= 0.6 is 0 Å². The molecule has 0 aromatic heterocycles. The summed E-state index contributed by atoms with van der Waals surface area (Å²) in [5.41, 5.74) is -0.522. The molecule has 1 aliphatic carbocycles. The van der Waals surface area contributed by atoms with Gasteiger partial charge in [0.15, 0.2) is 0 Å². The van der Waals surface area contributed by atoms with E-state index < -0.39 is 27.3 Å². The van der Waals surface area contributed by atoms with E-state index in [0.717, 1.165) is 36.4 Å². The number of hydrogen-bond donors (Lipinski definition) is 1. The minimum absolute atomic E-state index is 0.00645. The van der Waals surface area contributed by atoms with Crippen LogP contribution in [0.2, 0.25) is 0 Å². The molecule has 0 radical (unpaired) electrons. The van der Waals surface area contributed by atoms with Crippen molar-refractivity contribution < 1.29 is 22.4 Å². The summed E-state index contributed by atoms with van der Waals surface area (Å²) in [7, 11) is -3.68. The quantitative estimate of drug-likeness (QED) is 0.718. The van der Waals surface area contributed by atoms with Gasteiger partial charge in [-0.2, -0.15) is 4.31 Å². The van der Waals surface area contributed by atoms with Gasteiger partial charge in [0, 0.05) is 18.3 Å². The minimum atomic E-state index is -3.68. The van der Waals surface area contributed by atoms with E-state index in [1.54, 1.807) is 20.8 Å². The molecule has 2 fully saturated rings. The Bertz CT molecular complexity index is 946. The van der Waals surface area contributed by atoms with Crippen LogP contribution in [0.3, 0.4) is 0 Å². The monoisotopic (exact) mass is 453 g/mol. The second-order valence-corrected chi connectivity index (χ2v) is 10.9. The first-order valence-electron chi connectivity index (χ1n) is 11.0. The Morgan fingerprint density at radius 1 is 1.26 bits per heavy atom. The minimum Gasteiger partial charge on any atom is -0.351 e. The fourth-order valence-electron chi connectivity index (χ4n) is 4.58. The van der Waals surface area contributed by atoms with E-state index in [0.29, 0.717) is 17.7 Å². The van der Waals surface area contributed by atoms with E-state index in [1.807, 2.05) is 0 Å². The molecule has 1 unspecified atom stereocenters. The van der Waals surface area contributed by atoms with Crippen molar-refractivity contribution in [3.05, 3.63) is 29.6 Å². The number of piperazine rings is 1. The zero-order chi connectivity index (χ0) is 22.8. The van der Waals surface area contributed by atoms with E-state index >= 15 is 0 Å². The van der Waals surface area contributed by atoms with Gasteiger partial charge in [-0.1, -0.05) is 26.2 Å². The number of nitrogens with one attached hydrogen (secondary N) is 1. The number of hydrogen-bond acceptors (Lipinski definition) is 4. The SMILES string of the molecule is CCCS(=O)(=O)N1CC(=O)N(c2ccc(F)cc2C)C(C)(C(=O)NC2CCCCC2)C1. The van der Waals surface area contributed by atoms with Gasteiger partial charge in [-0.05, 0) is 56.9 Å². The zero-order valence-corrected chi connectivity index (χ0v) is 19.3. The van der Waals surface area contributed by atoms with E-state index in [9.17, 15) is 22.4 Å². The van der Waals surface area contributed by atoms with Crippen molar-refractivity contribution in [2.45, 2.75) is 70.9 Å². The van der Waals surface area contributed by atoms with Gasteiger partial charge < -0.3 is 5.32 Å². The molecule has 1 aliphatic heterocycles. The van der Waals surface area contributed by atoms with Crippen molar-refractivity contribution in [2.24, 2.45) is 0 Å². The molecule has 1 N–H and O–H groups in total. The molecule has 2 amide bonds. The second kappa shape index (κ2) is 9.24. The molecule has 172 valence electrons. The maximum Gasteiger partial charge on any atom is 0.247 e. The Labute approximate surface area is 184 Å². The van der Waals surface area contributed by atoms with Crippen LogP contribution in [0, 0.1) is 12.7 Å². The number of aryl methyl sites for hydroxylation is 1. The average molecular weight is 454 g/mol. The molecule has 0 bridgehead atoms. The summed E-state index contributed by atoms with van der Waals surface area (Å²) < 4.78 is 40.3. The topological polar surface area (TPSA) is 86.8 Å². The molecule has 1 aromatic rings. The summed E-state index contributed by atoms with van der Waals surface area (Å²) in [6.07, 6.45) is 5.33. The van der Waals surface area contributed by atoms with Crippen LogP contribution in [0.5, 0.6) is 0 Å². The molecule has 1 aromatic carbocycles. The first-order chi connectivity index (χ1) is 14.6. The molecular formula is C22H32FN3O4S. The Morgan fingerprint density at radius 3 is 2.55 bits per heavy atom. The van der Waals surface area contributed by atoms with E-state index in [4.69, 9.17) is 0 Å². The standard InChI is InChI=1S/C22H32FN3O4S/c1-4-12-31(29,30)25-14-20(27)26(19-11-10-17(23)13-16(19)2)22(3,15-25)21(28)24-18-8-6-5-7-9-18/h10-11,13,18H,4-9,12,14-15H2,1-3H3,(H,24,28). The van der Waals surface area contributed by atoms with Gasteiger partial charge in [0.1, 0.15) is 11.4 Å². The Morgan fingerprint density at radius 2 is 1.94 bits per heavy atom. The van der Waals surface area contributed by atoms with Gasteiger partial charge in [0.25, 0.3) is 0 Å².